The summed E-state index contributed by atoms with van der Waals surface area (Å²) in [6, 6.07) is 14.3. The number of hydrogen-bond acceptors (Lipinski definition) is 5. The Bertz CT molecular complexity index is 1180. The molecule has 2 N–H and O–H groups in total. The highest BCUT2D eigenvalue weighted by Crippen LogP contribution is 2.56. The predicted molar refractivity (Wildman–Crippen MR) is 136 cm³/mol. The van der Waals surface area contributed by atoms with Crippen LogP contribution in [-0.4, -0.2) is 48.0 Å². The van der Waals surface area contributed by atoms with Gasteiger partial charge in [0, 0.05) is 53.1 Å². The largest absolute Gasteiger partial charge is 0.457 e. The molecular weight excluding hydrogens is 424 g/mol. The van der Waals surface area contributed by atoms with Crippen molar-refractivity contribution in [3.8, 4) is 5.75 Å². The molecule has 2 aliphatic heterocycles. The number of ether oxygens (including phenoxy) is 1. The molecule has 0 bridgehead atoms. The summed E-state index contributed by atoms with van der Waals surface area (Å²) < 4.78 is 6.62. The van der Waals surface area contributed by atoms with E-state index >= 15 is 0 Å². The Hall–Kier alpha value is -3.09. The number of amides is 1. The molecule has 6 nitrogen and oxygen atoms in total. The van der Waals surface area contributed by atoms with Crippen LogP contribution in [0.15, 0.2) is 65.9 Å². The quantitative estimate of drug-likeness (QED) is 0.513. The second-order valence-corrected chi connectivity index (χ2v) is 9.06. The molecule has 1 aliphatic carbocycles. The van der Waals surface area contributed by atoms with Crippen LogP contribution in [0.5, 0.6) is 5.75 Å². The first-order valence-corrected chi connectivity index (χ1v) is 12.4. The number of benzene rings is 2. The van der Waals surface area contributed by atoms with Gasteiger partial charge in [-0.1, -0.05) is 44.2 Å². The summed E-state index contributed by atoms with van der Waals surface area (Å²) in [5.41, 5.74) is 3.64. The normalized spacial score (nSPS) is 22.7. The lowest BCUT2D eigenvalue weighted by atomic mass is 9.72. The molecule has 178 valence electrons. The van der Waals surface area contributed by atoms with Gasteiger partial charge in [-0.2, -0.15) is 0 Å². The highest BCUT2D eigenvalue weighted by Gasteiger charge is 2.57. The van der Waals surface area contributed by atoms with Gasteiger partial charge in [0.2, 0.25) is 0 Å². The average Bonchev–Trinajstić information content (AvgIpc) is 3.08. The Balaban J connectivity index is 1.76. The van der Waals surface area contributed by atoms with Crippen molar-refractivity contribution in [3.63, 3.8) is 0 Å². The first kappa shape index (κ1) is 22.7. The molecule has 0 aromatic heterocycles. The summed E-state index contributed by atoms with van der Waals surface area (Å²) in [5.74, 6) is 8.09. The zero-order valence-corrected chi connectivity index (χ0v) is 20.5. The van der Waals surface area contributed by atoms with E-state index in [9.17, 15) is 4.79 Å². The third kappa shape index (κ3) is 3.05. The van der Waals surface area contributed by atoms with Crippen LogP contribution in [0, 0.1) is 0 Å². The second-order valence-electron chi connectivity index (χ2n) is 9.06. The molecule has 6 heteroatoms. The molecule has 3 aliphatic rings. The standard InChI is InChI=1S/C28H34N4O2/c1-5-30(6-2)19-13-15-23-25(17-19)34-26-18-20(31(7-3)8-4)14-16-24(26)28(23)22-12-10-9-11-21(22)27(33)32(28)29/h9-13,15-18,20H,5-8,14,29H2,1-4H3/t20?,28-/m0/s1. The minimum atomic E-state index is -0.900. The van der Waals surface area contributed by atoms with Crippen molar-refractivity contribution in [2.75, 3.05) is 31.1 Å². The number of anilines is 1. The lowest BCUT2D eigenvalue weighted by Gasteiger charge is -2.45. The Labute approximate surface area is 202 Å². The second kappa shape index (κ2) is 8.60. The third-order valence-electron chi connectivity index (χ3n) is 7.67. The van der Waals surface area contributed by atoms with Crippen molar-refractivity contribution in [1.82, 2.24) is 9.91 Å². The van der Waals surface area contributed by atoms with Crippen molar-refractivity contribution in [2.24, 2.45) is 5.84 Å². The van der Waals surface area contributed by atoms with Gasteiger partial charge in [0.1, 0.15) is 17.0 Å². The number of carbonyl (C=O) groups excluding carboxylic acids is 1. The maximum Gasteiger partial charge on any atom is 0.269 e. The van der Waals surface area contributed by atoms with Crippen molar-refractivity contribution in [1.29, 1.82) is 0 Å². The van der Waals surface area contributed by atoms with E-state index in [0.29, 0.717) is 5.56 Å². The van der Waals surface area contributed by atoms with Gasteiger partial charge in [0.05, 0.1) is 0 Å². The number of hydrazine groups is 1. The molecule has 2 aromatic carbocycles. The molecule has 2 atom stereocenters. The molecule has 2 heterocycles. The summed E-state index contributed by atoms with van der Waals surface area (Å²) in [6.07, 6.45) is 5.30. The summed E-state index contributed by atoms with van der Waals surface area (Å²) in [5, 5.41) is 1.42. The van der Waals surface area contributed by atoms with Gasteiger partial charge >= 0.3 is 0 Å². The molecule has 0 saturated carbocycles. The van der Waals surface area contributed by atoms with Crippen LogP contribution in [0.3, 0.4) is 0 Å². The maximum atomic E-state index is 13.4. The summed E-state index contributed by atoms with van der Waals surface area (Å²) in [4.78, 5) is 18.1. The van der Waals surface area contributed by atoms with E-state index in [2.05, 4.69) is 67.8 Å². The van der Waals surface area contributed by atoms with Gasteiger partial charge in [-0.05, 0) is 51.6 Å². The van der Waals surface area contributed by atoms with E-state index in [1.807, 2.05) is 24.3 Å². The Morgan fingerprint density at radius 1 is 1.03 bits per heavy atom. The summed E-state index contributed by atoms with van der Waals surface area (Å²) in [6.45, 7) is 12.4. The number of nitrogens with two attached hydrogens (primary N) is 1. The van der Waals surface area contributed by atoms with Crippen molar-refractivity contribution in [3.05, 3.63) is 82.6 Å². The average molecular weight is 459 g/mol. The van der Waals surface area contributed by atoms with Gasteiger partial charge in [0.15, 0.2) is 0 Å². The van der Waals surface area contributed by atoms with E-state index < -0.39 is 5.54 Å². The number of rotatable bonds is 6. The Morgan fingerprint density at radius 3 is 2.47 bits per heavy atom. The molecule has 1 unspecified atom stereocenters. The molecule has 1 amide bonds. The molecule has 0 fully saturated rings. The van der Waals surface area contributed by atoms with Crippen LogP contribution in [-0.2, 0) is 5.54 Å². The van der Waals surface area contributed by atoms with Crippen molar-refractivity contribution in [2.45, 2.75) is 45.7 Å². The highest BCUT2D eigenvalue weighted by atomic mass is 16.5. The number of fused-ring (bicyclic) bond motifs is 6. The molecular formula is C28H34N4O2. The highest BCUT2D eigenvalue weighted by molar-refractivity contribution is 6.02. The maximum absolute atomic E-state index is 13.4. The van der Waals surface area contributed by atoms with Crippen LogP contribution < -0.4 is 15.5 Å². The van der Waals surface area contributed by atoms with E-state index in [0.717, 1.165) is 66.5 Å². The van der Waals surface area contributed by atoms with Crippen molar-refractivity contribution >= 4 is 11.6 Å². The zero-order valence-electron chi connectivity index (χ0n) is 20.5. The van der Waals surface area contributed by atoms with E-state index in [1.54, 1.807) is 0 Å². The summed E-state index contributed by atoms with van der Waals surface area (Å²) in [7, 11) is 0. The van der Waals surface area contributed by atoms with Crippen LogP contribution in [0.2, 0.25) is 0 Å². The summed E-state index contributed by atoms with van der Waals surface area (Å²) >= 11 is 0. The van der Waals surface area contributed by atoms with Crippen LogP contribution in [0.25, 0.3) is 0 Å². The zero-order chi connectivity index (χ0) is 24.0. The van der Waals surface area contributed by atoms with Gasteiger partial charge in [0.25, 0.3) is 5.91 Å². The molecule has 0 radical (unpaired) electrons. The molecule has 2 aromatic rings. The van der Waals surface area contributed by atoms with Gasteiger partial charge in [-0.15, -0.1) is 0 Å². The lowest BCUT2D eigenvalue weighted by Crippen LogP contribution is -2.53. The lowest BCUT2D eigenvalue weighted by molar-refractivity contribution is 0.0653. The third-order valence-corrected chi connectivity index (χ3v) is 7.67. The smallest absolute Gasteiger partial charge is 0.269 e. The van der Waals surface area contributed by atoms with Crippen molar-refractivity contribution < 1.29 is 9.53 Å². The first-order chi connectivity index (χ1) is 16.5. The van der Waals surface area contributed by atoms with E-state index in [4.69, 9.17) is 10.6 Å². The van der Waals surface area contributed by atoms with Gasteiger partial charge < -0.3 is 9.64 Å². The number of nitrogens with zero attached hydrogens (tertiary/aromatic N) is 3. The van der Waals surface area contributed by atoms with Crippen LogP contribution in [0.4, 0.5) is 5.69 Å². The predicted octanol–water partition coefficient (Wildman–Crippen LogP) is 4.42. The fourth-order valence-corrected chi connectivity index (χ4v) is 5.92. The van der Waals surface area contributed by atoms with Gasteiger partial charge in [-0.25, -0.2) is 5.84 Å². The number of carbonyl (C=O) groups is 1. The monoisotopic (exact) mass is 458 g/mol. The molecule has 34 heavy (non-hydrogen) atoms. The number of hydrogen-bond donors (Lipinski definition) is 1. The fourth-order valence-electron chi connectivity index (χ4n) is 5.92. The Kier molecular flexibility index (Phi) is 5.74. The number of likely N-dealkylation sites (N-methyl/N-ethyl adjacent to an activating group) is 1. The van der Waals surface area contributed by atoms with Crippen LogP contribution in [0.1, 0.15) is 55.6 Å². The van der Waals surface area contributed by atoms with Gasteiger partial charge in [-0.3, -0.25) is 14.7 Å². The fraction of sp³-hybridized carbons (Fsp3) is 0.393. The topological polar surface area (TPSA) is 62.0 Å². The van der Waals surface area contributed by atoms with E-state index in [-0.39, 0.29) is 11.9 Å². The van der Waals surface area contributed by atoms with E-state index in [1.165, 1.54) is 5.01 Å². The minimum Gasteiger partial charge on any atom is -0.457 e. The SMILES string of the molecule is CCN(CC)c1ccc2c(c1)OC1=CC(N(CC)CC)CC=C1[C@]21c2ccccc2C(=O)N1N. The van der Waals surface area contributed by atoms with Crippen LogP contribution >= 0.6 is 0 Å². The first-order valence-electron chi connectivity index (χ1n) is 12.4. The molecule has 1 spiro atoms. The Morgan fingerprint density at radius 2 is 1.76 bits per heavy atom. The molecule has 0 saturated heterocycles. The minimum absolute atomic E-state index is 0.164. The molecule has 5 rings (SSSR count).